The van der Waals surface area contributed by atoms with Gasteiger partial charge in [0, 0.05) is 43.5 Å². The van der Waals surface area contributed by atoms with Crippen molar-refractivity contribution in [2.45, 2.75) is 12.1 Å². The topological polar surface area (TPSA) is 90.1 Å². The van der Waals surface area contributed by atoms with Gasteiger partial charge >= 0.3 is 0 Å². The number of azide groups is 1. The van der Waals surface area contributed by atoms with Gasteiger partial charge in [0.15, 0.2) is 0 Å². The molecule has 2 atom stereocenters. The highest BCUT2D eigenvalue weighted by atomic mass is 16.3. The molecule has 1 saturated heterocycles. The van der Waals surface area contributed by atoms with Crippen molar-refractivity contribution in [2.24, 2.45) is 5.11 Å². The number of rotatable bonds is 4. The fraction of sp³-hybridized carbons (Fsp3) is 0.667. The van der Waals surface area contributed by atoms with Gasteiger partial charge in [0.2, 0.25) is 0 Å². The summed E-state index contributed by atoms with van der Waals surface area (Å²) in [5.74, 6) is 0. The van der Waals surface area contributed by atoms with Crippen LogP contribution in [0.25, 0.3) is 10.4 Å². The fourth-order valence-electron chi connectivity index (χ4n) is 2.02. The van der Waals surface area contributed by atoms with Crippen molar-refractivity contribution in [3.63, 3.8) is 0 Å². The second-order valence-electron chi connectivity index (χ2n) is 3.86. The molecular formula is C9H14N6O. The second-order valence-corrected chi connectivity index (χ2v) is 3.86. The van der Waals surface area contributed by atoms with E-state index >= 15 is 0 Å². The molecule has 0 aliphatic carbocycles. The van der Waals surface area contributed by atoms with Crippen molar-refractivity contribution in [1.29, 1.82) is 0 Å². The zero-order valence-corrected chi connectivity index (χ0v) is 8.85. The Hall–Kier alpha value is -1.56. The van der Waals surface area contributed by atoms with Crippen LogP contribution in [0.4, 0.5) is 0 Å². The Morgan fingerprint density at radius 1 is 1.56 bits per heavy atom. The van der Waals surface area contributed by atoms with Crippen molar-refractivity contribution in [3.05, 3.63) is 29.2 Å². The summed E-state index contributed by atoms with van der Waals surface area (Å²) >= 11 is 0. The van der Waals surface area contributed by atoms with Crippen LogP contribution in [0.5, 0.6) is 0 Å². The number of likely N-dealkylation sites (tertiary alicyclic amines) is 1. The summed E-state index contributed by atoms with van der Waals surface area (Å²) in [6, 6.07) is 0.0496. The Balaban J connectivity index is 1.91. The zero-order valence-electron chi connectivity index (χ0n) is 8.85. The Bertz CT molecular complexity index is 371. The zero-order chi connectivity index (χ0) is 11.4. The maximum Gasteiger partial charge on any atom is 0.0949 e. The van der Waals surface area contributed by atoms with Gasteiger partial charge in [-0.15, -0.1) is 0 Å². The molecule has 1 N–H and O–H groups in total. The van der Waals surface area contributed by atoms with Gasteiger partial charge in [-0.3, -0.25) is 4.90 Å². The summed E-state index contributed by atoms with van der Waals surface area (Å²) in [5, 5.41) is 13.4. The standard InChI is InChI=1S/C9H14N6O/c10-13-12-2-3-14-5-8(9(16)6-14)15-4-1-11-7-15/h1,4,7-9,16H,2-3,5-6H2/t8-,9+/m1/s1. The van der Waals surface area contributed by atoms with Crippen LogP contribution in [0.2, 0.25) is 0 Å². The van der Waals surface area contributed by atoms with E-state index in [1.54, 1.807) is 12.5 Å². The molecule has 0 spiro atoms. The molecule has 0 aromatic carbocycles. The summed E-state index contributed by atoms with van der Waals surface area (Å²) < 4.78 is 1.91. The van der Waals surface area contributed by atoms with E-state index in [2.05, 4.69) is 19.9 Å². The first-order valence-electron chi connectivity index (χ1n) is 5.20. The largest absolute Gasteiger partial charge is 0.390 e. The van der Waals surface area contributed by atoms with Crippen molar-refractivity contribution >= 4 is 0 Å². The quantitative estimate of drug-likeness (QED) is 0.454. The lowest BCUT2D eigenvalue weighted by atomic mass is 10.2. The summed E-state index contributed by atoms with van der Waals surface area (Å²) in [5.41, 5.74) is 8.17. The third-order valence-corrected chi connectivity index (χ3v) is 2.82. The highest BCUT2D eigenvalue weighted by Gasteiger charge is 2.31. The minimum absolute atomic E-state index is 0.0496. The molecule has 2 rings (SSSR count). The van der Waals surface area contributed by atoms with Gasteiger partial charge in [0.1, 0.15) is 0 Å². The maximum absolute atomic E-state index is 9.89. The van der Waals surface area contributed by atoms with E-state index in [4.69, 9.17) is 5.53 Å². The van der Waals surface area contributed by atoms with E-state index in [0.29, 0.717) is 19.6 Å². The van der Waals surface area contributed by atoms with E-state index in [1.165, 1.54) is 0 Å². The number of aromatic nitrogens is 2. The van der Waals surface area contributed by atoms with Crippen LogP contribution in [-0.4, -0.2) is 51.8 Å². The van der Waals surface area contributed by atoms with Crippen LogP contribution in [0, 0.1) is 0 Å². The average Bonchev–Trinajstić information content (AvgIpc) is 2.87. The number of hydrogen-bond acceptors (Lipinski definition) is 4. The molecule has 86 valence electrons. The minimum atomic E-state index is -0.389. The molecule has 1 fully saturated rings. The summed E-state index contributed by atoms with van der Waals surface area (Å²) in [4.78, 5) is 8.76. The molecular weight excluding hydrogens is 208 g/mol. The van der Waals surface area contributed by atoms with Gasteiger partial charge in [0.05, 0.1) is 18.5 Å². The predicted octanol–water partition coefficient (Wildman–Crippen LogP) is 0.411. The number of imidazole rings is 1. The van der Waals surface area contributed by atoms with Crippen molar-refractivity contribution in [1.82, 2.24) is 14.5 Å². The van der Waals surface area contributed by atoms with E-state index in [0.717, 1.165) is 6.54 Å². The van der Waals surface area contributed by atoms with Crippen molar-refractivity contribution in [2.75, 3.05) is 26.2 Å². The van der Waals surface area contributed by atoms with Crippen LogP contribution >= 0.6 is 0 Å². The molecule has 2 heterocycles. The lowest BCUT2D eigenvalue weighted by Gasteiger charge is -2.15. The molecule has 0 bridgehead atoms. The molecule has 7 heteroatoms. The number of nitrogens with zero attached hydrogens (tertiary/aromatic N) is 6. The third kappa shape index (κ3) is 2.33. The Morgan fingerprint density at radius 3 is 3.12 bits per heavy atom. The summed E-state index contributed by atoms with van der Waals surface area (Å²) in [6.45, 7) is 2.51. The summed E-state index contributed by atoms with van der Waals surface area (Å²) in [6.07, 6.45) is 4.88. The van der Waals surface area contributed by atoms with E-state index < -0.39 is 0 Å². The molecule has 0 amide bonds. The molecule has 1 aromatic rings. The fourth-order valence-corrected chi connectivity index (χ4v) is 2.02. The lowest BCUT2D eigenvalue weighted by molar-refractivity contribution is 0.144. The van der Waals surface area contributed by atoms with Crippen LogP contribution in [0.1, 0.15) is 6.04 Å². The minimum Gasteiger partial charge on any atom is -0.390 e. The van der Waals surface area contributed by atoms with Crippen LogP contribution in [0.15, 0.2) is 23.8 Å². The Kier molecular flexibility index (Phi) is 3.40. The maximum atomic E-state index is 9.89. The third-order valence-electron chi connectivity index (χ3n) is 2.82. The second kappa shape index (κ2) is 4.98. The Morgan fingerprint density at radius 2 is 2.44 bits per heavy atom. The number of β-amino-alcohol motifs (C(OH)–C–C–N with tert-alkyl or cyclic N) is 1. The number of hydrogen-bond donors (Lipinski definition) is 1. The molecule has 1 aliphatic heterocycles. The van der Waals surface area contributed by atoms with Crippen LogP contribution in [0.3, 0.4) is 0 Å². The predicted molar refractivity (Wildman–Crippen MR) is 57.7 cm³/mol. The SMILES string of the molecule is [N-]=[N+]=NCCN1C[C@@H](n2ccnc2)[C@@H](O)C1. The van der Waals surface area contributed by atoms with Gasteiger partial charge in [-0.25, -0.2) is 4.98 Å². The van der Waals surface area contributed by atoms with E-state index in [9.17, 15) is 5.11 Å². The number of aliphatic hydroxyl groups excluding tert-OH is 1. The van der Waals surface area contributed by atoms with Crippen molar-refractivity contribution < 1.29 is 5.11 Å². The average molecular weight is 222 g/mol. The molecule has 7 nitrogen and oxygen atoms in total. The first-order valence-corrected chi connectivity index (χ1v) is 5.20. The van der Waals surface area contributed by atoms with Crippen LogP contribution < -0.4 is 0 Å². The lowest BCUT2D eigenvalue weighted by Crippen LogP contribution is -2.24. The van der Waals surface area contributed by atoms with Gasteiger partial charge in [-0.2, -0.15) is 0 Å². The van der Waals surface area contributed by atoms with Crippen LogP contribution in [-0.2, 0) is 0 Å². The highest BCUT2D eigenvalue weighted by molar-refractivity contribution is 4.92. The Labute approximate surface area is 92.9 Å². The first kappa shape index (κ1) is 10.9. The van der Waals surface area contributed by atoms with Gasteiger partial charge in [-0.1, -0.05) is 5.11 Å². The smallest absolute Gasteiger partial charge is 0.0949 e. The monoisotopic (exact) mass is 222 g/mol. The summed E-state index contributed by atoms with van der Waals surface area (Å²) in [7, 11) is 0. The number of aliphatic hydroxyl groups is 1. The first-order chi connectivity index (χ1) is 7.81. The molecule has 0 unspecified atom stereocenters. The van der Waals surface area contributed by atoms with E-state index in [-0.39, 0.29) is 12.1 Å². The van der Waals surface area contributed by atoms with Gasteiger partial charge in [0.25, 0.3) is 0 Å². The molecule has 0 saturated carbocycles. The molecule has 1 aromatic heterocycles. The van der Waals surface area contributed by atoms with Gasteiger partial charge < -0.3 is 9.67 Å². The molecule has 16 heavy (non-hydrogen) atoms. The molecule has 1 aliphatic rings. The highest BCUT2D eigenvalue weighted by Crippen LogP contribution is 2.21. The molecule has 0 radical (unpaired) electrons. The van der Waals surface area contributed by atoms with Crippen molar-refractivity contribution in [3.8, 4) is 0 Å². The van der Waals surface area contributed by atoms with E-state index in [1.807, 2.05) is 10.8 Å². The van der Waals surface area contributed by atoms with Gasteiger partial charge in [-0.05, 0) is 5.53 Å². The normalized spacial score (nSPS) is 25.6.